The average molecular weight is 750 g/mol. The Morgan fingerprint density at radius 3 is 1.47 bits per heavy atom. The fourth-order valence-electron chi connectivity index (χ4n) is 9.60. The molecule has 9 aromatic carbocycles. The van der Waals surface area contributed by atoms with Crippen molar-refractivity contribution in [2.45, 2.75) is 0 Å². The van der Waals surface area contributed by atoms with E-state index < -0.39 is 0 Å². The van der Waals surface area contributed by atoms with E-state index in [1.54, 1.807) is 12.1 Å². The first-order valence-electron chi connectivity index (χ1n) is 19.7. The van der Waals surface area contributed by atoms with Crippen molar-refractivity contribution in [3.63, 3.8) is 0 Å². The summed E-state index contributed by atoms with van der Waals surface area (Å²) in [4.78, 5) is 0. The number of para-hydroxylation sites is 3. The van der Waals surface area contributed by atoms with Crippen LogP contribution in [-0.4, -0.2) is 13.7 Å². The lowest BCUT2D eigenvalue weighted by molar-refractivity contribution is 1.08. The van der Waals surface area contributed by atoms with Gasteiger partial charge in [0.1, 0.15) is 12.1 Å². The molecule has 12 rings (SSSR count). The van der Waals surface area contributed by atoms with Gasteiger partial charge in [0.15, 0.2) is 0 Å². The van der Waals surface area contributed by atoms with E-state index in [0.717, 1.165) is 82.2 Å². The summed E-state index contributed by atoms with van der Waals surface area (Å²) in [7, 11) is 0. The van der Waals surface area contributed by atoms with Crippen LogP contribution in [-0.2, 0) is 0 Å². The molecule has 0 spiro atoms. The minimum atomic E-state index is 0.476. The Bertz CT molecular complexity index is 3760. The normalized spacial score (nSPS) is 11.7. The van der Waals surface area contributed by atoms with Gasteiger partial charge in [-0.2, -0.15) is 10.5 Å². The van der Waals surface area contributed by atoms with Crippen LogP contribution in [0.1, 0.15) is 11.1 Å². The van der Waals surface area contributed by atoms with Crippen LogP contribution < -0.4 is 0 Å². The molecule has 0 unspecified atom stereocenters. The van der Waals surface area contributed by atoms with Gasteiger partial charge in [0, 0.05) is 38.0 Å². The predicted molar refractivity (Wildman–Crippen MR) is 242 cm³/mol. The molecule has 0 N–H and O–H groups in total. The number of benzene rings is 9. The molecule has 3 heterocycles. The number of rotatable bonds is 4. The number of nitriles is 2. The predicted octanol–water partition coefficient (Wildman–Crippen LogP) is 13.5. The van der Waals surface area contributed by atoms with E-state index >= 15 is 0 Å². The molecule has 5 nitrogen and oxygen atoms in total. The van der Waals surface area contributed by atoms with E-state index in [-0.39, 0.29) is 0 Å². The van der Waals surface area contributed by atoms with Crippen molar-refractivity contribution in [2.75, 3.05) is 0 Å². The molecule has 0 saturated heterocycles. The lowest BCUT2D eigenvalue weighted by Crippen LogP contribution is -2.08. The van der Waals surface area contributed by atoms with Crippen LogP contribution >= 0.6 is 0 Å². The Balaban J connectivity index is 1.22. The summed E-state index contributed by atoms with van der Waals surface area (Å²) in [6, 6.07) is 70.6. The van der Waals surface area contributed by atoms with Crippen LogP contribution in [0.25, 0.3) is 104 Å². The standard InChI is InChI=1S/C54H31N5/c55-32-37-22-23-38(33-56)54(53(37)58-48-21-11-8-18-43(48)44-30-36(25-27-49(44)58)34-12-2-1-3-13-34)59-50-29-26-39(31-45(50)52-40-15-5-4-14-35(40)24-28-51(52)59)57-46-19-9-6-16-41(46)42-17-7-10-20-47(42)57/h1-31H. The molecule has 0 fully saturated rings. The van der Waals surface area contributed by atoms with Crippen LogP contribution in [0.5, 0.6) is 0 Å². The molecule has 0 aliphatic heterocycles. The summed E-state index contributed by atoms with van der Waals surface area (Å²) >= 11 is 0. The van der Waals surface area contributed by atoms with Gasteiger partial charge in [-0.05, 0) is 88.6 Å². The Morgan fingerprint density at radius 2 is 0.814 bits per heavy atom. The van der Waals surface area contributed by atoms with Gasteiger partial charge >= 0.3 is 0 Å². The van der Waals surface area contributed by atoms with Crippen molar-refractivity contribution < 1.29 is 0 Å². The van der Waals surface area contributed by atoms with Crippen molar-refractivity contribution in [1.82, 2.24) is 13.7 Å². The SMILES string of the molecule is N#Cc1ccc(C#N)c(-n2c3ccc(-n4c5ccccc5c5ccccc54)cc3c3c4ccccc4ccc32)c1-n1c2ccccc2c2cc(-c3ccccc3)ccc21. The lowest BCUT2D eigenvalue weighted by atomic mass is 10.0. The maximum absolute atomic E-state index is 11.0. The van der Waals surface area contributed by atoms with Gasteiger partial charge in [-0.1, -0.05) is 121 Å². The number of nitrogens with zero attached hydrogens (tertiary/aromatic N) is 5. The minimum absolute atomic E-state index is 0.476. The van der Waals surface area contributed by atoms with E-state index in [4.69, 9.17) is 0 Å². The molecular weight excluding hydrogens is 719 g/mol. The number of fused-ring (bicyclic) bond motifs is 11. The molecule has 0 radical (unpaired) electrons. The molecule has 0 aliphatic carbocycles. The zero-order valence-electron chi connectivity index (χ0n) is 31.6. The quantitative estimate of drug-likeness (QED) is 0.180. The fraction of sp³-hybridized carbons (Fsp3) is 0. The highest BCUT2D eigenvalue weighted by Gasteiger charge is 2.26. The van der Waals surface area contributed by atoms with Crippen molar-refractivity contribution in [3.8, 4) is 40.3 Å². The zero-order valence-corrected chi connectivity index (χ0v) is 31.6. The Hall–Kier alpha value is -8.38. The summed E-state index contributed by atoms with van der Waals surface area (Å²) in [6.45, 7) is 0. The molecule has 12 aromatic rings. The van der Waals surface area contributed by atoms with E-state index in [1.807, 2.05) is 12.1 Å². The summed E-state index contributed by atoms with van der Waals surface area (Å²) in [5.74, 6) is 0. The molecule has 5 heteroatoms. The van der Waals surface area contributed by atoms with Crippen LogP contribution in [0.2, 0.25) is 0 Å². The van der Waals surface area contributed by atoms with E-state index in [0.29, 0.717) is 22.5 Å². The van der Waals surface area contributed by atoms with Crippen molar-refractivity contribution >= 4 is 76.2 Å². The molecule has 0 aliphatic rings. The minimum Gasteiger partial charge on any atom is -0.309 e. The molecule has 272 valence electrons. The first-order valence-corrected chi connectivity index (χ1v) is 19.7. The van der Waals surface area contributed by atoms with E-state index in [2.05, 4.69) is 190 Å². The van der Waals surface area contributed by atoms with Crippen molar-refractivity contribution in [1.29, 1.82) is 10.5 Å². The largest absolute Gasteiger partial charge is 0.309 e. The topological polar surface area (TPSA) is 62.4 Å². The van der Waals surface area contributed by atoms with Crippen LogP contribution in [0.3, 0.4) is 0 Å². The Labute approximate surface area is 338 Å². The third kappa shape index (κ3) is 4.65. The third-order valence-electron chi connectivity index (χ3n) is 12.1. The Morgan fingerprint density at radius 1 is 0.322 bits per heavy atom. The molecule has 0 amide bonds. The molecule has 3 aromatic heterocycles. The zero-order chi connectivity index (χ0) is 39.2. The Kier molecular flexibility index (Phi) is 6.99. The van der Waals surface area contributed by atoms with Crippen LogP contribution in [0.4, 0.5) is 0 Å². The van der Waals surface area contributed by atoms with Crippen molar-refractivity contribution in [3.05, 3.63) is 199 Å². The second-order valence-electron chi connectivity index (χ2n) is 15.1. The van der Waals surface area contributed by atoms with Gasteiger partial charge in [-0.25, -0.2) is 0 Å². The summed E-state index contributed by atoms with van der Waals surface area (Å²) in [5, 5.41) is 30.9. The van der Waals surface area contributed by atoms with E-state index in [9.17, 15) is 10.5 Å². The molecule has 59 heavy (non-hydrogen) atoms. The van der Waals surface area contributed by atoms with E-state index in [1.165, 1.54) is 10.8 Å². The van der Waals surface area contributed by atoms with Crippen LogP contribution in [0.15, 0.2) is 188 Å². The highest BCUT2D eigenvalue weighted by molar-refractivity contribution is 6.22. The van der Waals surface area contributed by atoms with Gasteiger partial charge in [0.25, 0.3) is 0 Å². The maximum atomic E-state index is 11.0. The van der Waals surface area contributed by atoms with Crippen LogP contribution in [0, 0.1) is 22.7 Å². The lowest BCUT2D eigenvalue weighted by Gasteiger charge is -2.19. The summed E-state index contributed by atoms with van der Waals surface area (Å²) < 4.78 is 6.77. The highest BCUT2D eigenvalue weighted by atomic mass is 15.1. The first kappa shape index (κ1) is 32.8. The van der Waals surface area contributed by atoms with Gasteiger partial charge in [-0.3, -0.25) is 0 Å². The molecule has 0 bridgehead atoms. The average Bonchev–Trinajstić information content (AvgIpc) is 3.94. The second-order valence-corrected chi connectivity index (χ2v) is 15.1. The summed E-state index contributed by atoms with van der Waals surface area (Å²) in [5.41, 5.74) is 11.7. The monoisotopic (exact) mass is 749 g/mol. The fourth-order valence-corrected chi connectivity index (χ4v) is 9.60. The molecular formula is C54H31N5. The van der Waals surface area contributed by atoms with Gasteiger partial charge < -0.3 is 13.7 Å². The van der Waals surface area contributed by atoms with Crippen molar-refractivity contribution in [2.24, 2.45) is 0 Å². The number of aromatic nitrogens is 3. The first-order chi connectivity index (χ1) is 29.2. The second kappa shape index (κ2) is 12.6. The summed E-state index contributed by atoms with van der Waals surface area (Å²) in [6.07, 6.45) is 0. The van der Waals surface area contributed by atoms with Gasteiger partial charge in [0.2, 0.25) is 0 Å². The highest BCUT2D eigenvalue weighted by Crippen LogP contribution is 2.44. The molecule has 0 saturated carbocycles. The van der Waals surface area contributed by atoms with Gasteiger partial charge in [-0.15, -0.1) is 0 Å². The maximum Gasteiger partial charge on any atom is 0.101 e. The number of hydrogen-bond donors (Lipinski definition) is 0. The van der Waals surface area contributed by atoms with Gasteiger partial charge in [0.05, 0.1) is 55.6 Å². The third-order valence-corrected chi connectivity index (χ3v) is 12.1. The number of hydrogen-bond acceptors (Lipinski definition) is 2. The smallest absolute Gasteiger partial charge is 0.101 e. The molecule has 0 atom stereocenters.